The Hall–Kier alpha value is -0.0831. The minimum absolute atomic E-state index is 0.310. The zero-order chi connectivity index (χ0) is 15.2. The Morgan fingerprint density at radius 3 is 1.63 bits per heavy atom. The Balaban J connectivity index is 5.72. The molecule has 0 aromatic carbocycles. The van der Waals surface area contributed by atoms with Crippen LogP contribution in [0.2, 0.25) is 16.6 Å². The van der Waals surface area contributed by atoms with Crippen LogP contribution in [0.1, 0.15) is 74.7 Å². The summed E-state index contributed by atoms with van der Waals surface area (Å²) in [7, 11) is -1.56. The maximum atomic E-state index is 9.88. The smallest absolute Gasteiger partial charge is 0.0887 e. The normalized spacial score (nSPS) is 15.7. The van der Waals surface area contributed by atoms with Crippen LogP contribution in [0.3, 0.4) is 0 Å². The van der Waals surface area contributed by atoms with Crippen molar-refractivity contribution >= 4 is 8.07 Å². The lowest BCUT2D eigenvalue weighted by Crippen LogP contribution is -2.47. The summed E-state index contributed by atoms with van der Waals surface area (Å²) < 4.78 is 0. The molecule has 1 unspecified atom stereocenters. The van der Waals surface area contributed by atoms with E-state index in [1.807, 2.05) is 6.92 Å². The fourth-order valence-corrected chi connectivity index (χ4v) is 11.6. The molecule has 0 bridgehead atoms. The van der Waals surface area contributed by atoms with Gasteiger partial charge in [0.1, 0.15) is 0 Å². The number of allylic oxidation sites excluding steroid dienone is 1. The molecule has 114 valence electrons. The Labute approximate surface area is 122 Å². The topological polar surface area (TPSA) is 20.2 Å². The first-order valence-electron chi connectivity index (χ1n) is 8.10. The van der Waals surface area contributed by atoms with Crippen molar-refractivity contribution in [3.05, 3.63) is 11.3 Å². The molecule has 1 atom stereocenters. The second kappa shape index (κ2) is 8.26. The van der Waals surface area contributed by atoms with E-state index in [4.69, 9.17) is 0 Å². The quantitative estimate of drug-likeness (QED) is 0.567. The first-order valence-corrected chi connectivity index (χ1v) is 10.3. The van der Waals surface area contributed by atoms with Crippen LogP contribution in [0.4, 0.5) is 0 Å². The van der Waals surface area contributed by atoms with Crippen LogP contribution in [0.25, 0.3) is 0 Å². The second-order valence-electron chi connectivity index (χ2n) is 6.93. The highest BCUT2D eigenvalue weighted by Gasteiger charge is 2.45. The van der Waals surface area contributed by atoms with Gasteiger partial charge < -0.3 is 5.11 Å². The molecular formula is C17H36OSi. The maximum Gasteiger partial charge on any atom is 0.0887 e. The molecule has 0 spiro atoms. The lowest BCUT2D eigenvalue weighted by molar-refractivity contribution is 0.243. The highest BCUT2D eigenvalue weighted by molar-refractivity contribution is 6.89. The Morgan fingerprint density at radius 1 is 0.947 bits per heavy atom. The molecule has 2 heteroatoms. The number of aliphatic hydroxyl groups is 1. The standard InChI is InChI=1S/C17H36OSi/c1-9-10-11-17(12-16(8)18)19(13(2)3,14(4)5)15(6)7/h12-16,18H,9-11H2,1-8H3/b17-12-. The summed E-state index contributed by atoms with van der Waals surface area (Å²) in [6, 6.07) is 0. The van der Waals surface area contributed by atoms with Gasteiger partial charge >= 0.3 is 0 Å². The van der Waals surface area contributed by atoms with Gasteiger partial charge in [0.2, 0.25) is 0 Å². The van der Waals surface area contributed by atoms with Crippen LogP contribution in [-0.2, 0) is 0 Å². The van der Waals surface area contributed by atoms with Crippen LogP contribution in [0.5, 0.6) is 0 Å². The Kier molecular flexibility index (Phi) is 8.22. The van der Waals surface area contributed by atoms with Gasteiger partial charge in [-0.1, -0.05) is 72.6 Å². The van der Waals surface area contributed by atoms with Crippen LogP contribution < -0.4 is 0 Å². The Morgan fingerprint density at radius 2 is 1.37 bits per heavy atom. The first kappa shape index (κ1) is 18.9. The molecular weight excluding hydrogens is 248 g/mol. The third-order valence-corrected chi connectivity index (χ3v) is 11.9. The van der Waals surface area contributed by atoms with E-state index in [0.717, 1.165) is 16.6 Å². The number of hydrogen-bond acceptors (Lipinski definition) is 1. The molecule has 0 aromatic heterocycles. The van der Waals surface area contributed by atoms with Gasteiger partial charge in [-0.25, -0.2) is 0 Å². The van der Waals surface area contributed by atoms with E-state index >= 15 is 0 Å². The molecule has 0 rings (SSSR count). The largest absolute Gasteiger partial charge is 0.389 e. The van der Waals surface area contributed by atoms with Crippen molar-refractivity contribution in [2.75, 3.05) is 0 Å². The van der Waals surface area contributed by atoms with Gasteiger partial charge in [-0.2, -0.15) is 0 Å². The van der Waals surface area contributed by atoms with Crippen molar-refractivity contribution < 1.29 is 5.11 Å². The van der Waals surface area contributed by atoms with Crippen molar-refractivity contribution in [3.8, 4) is 0 Å². The molecule has 0 aliphatic rings. The molecule has 1 nitrogen and oxygen atoms in total. The zero-order valence-electron chi connectivity index (χ0n) is 14.5. The lowest BCUT2D eigenvalue weighted by Gasteiger charge is -2.45. The van der Waals surface area contributed by atoms with Gasteiger partial charge in [-0.15, -0.1) is 0 Å². The fraction of sp³-hybridized carbons (Fsp3) is 0.882. The van der Waals surface area contributed by atoms with E-state index in [0.29, 0.717) is 0 Å². The molecule has 19 heavy (non-hydrogen) atoms. The van der Waals surface area contributed by atoms with Crippen molar-refractivity contribution in [2.45, 2.75) is 97.4 Å². The van der Waals surface area contributed by atoms with Crippen LogP contribution in [-0.4, -0.2) is 19.3 Å². The number of rotatable bonds is 8. The molecule has 0 amide bonds. The average Bonchev–Trinajstić information content (AvgIpc) is 2.23. The number of aliphatic hydroxyl groups excluding tert-OH is 1. The lowest BCUT2D eigenvalue weighted by atomic mass is 10.2. The number of hydrogen-bond donors (Lipinski definition) is 1. The van der Waals surface area contributed by atoms with Crippen molar-refractivity contribution in [1.82, 2.24) is 0 Å². The highest BCUT2D eigenvalue weighted by atomic mass is 28.3. The summed E-state index contributed by atoms with van der Waals surface area (Å²) in [5.41, 5.74) is 2.19. The molecule has 0 aliphatic heterocycles. The van der Waals surface area contributed by atoms with Crippen molar-refractivity contribution in [3.63, 3.8) is 0 Å². The van der Waals surface area contributed by atoms with Crippen LogP contribution >= 0.6 is 0 Å². The summed E-state index contributed by atoms with van der Waals surface area (Å²) >= 11 is 0. The van der Waals surface area contributed by atoms with Crippen LogP contribution in [0.15, 0.2) is 11.3 Å². The molecule has 0 fully saturated rings. The SMILES string of the molecule is CCCC/C(=C/C(C)O)[Si](C(C)C)(C(C)C)C(C)C. The first-order chi connectivity index (χ1) is 8.71. The van der Waals surface area contributed by atoms with Gasteiger partial charge in [0.25, 0.3) is 0 Å². The highest BCUT2D eigenvalue weighted by Crippen LogP contribution is 2.47. The van der Waals surface area contributed by atoms with Gasteiger partial charge in [0.05, 0.1) is 14.2 Å². The summed E-state index contributed by atoms with van der Waals surface area (Å²) in [6.07, 6.45) is 5.54. The average molecular weight is 285 g/mol. The van der Waals surface area contributed by atoms with E-state index < -0.39 is 8.07 Å². The molecule has 0 aliphatic carbocycles. The van der Waals surface area contributed by atoms with Crippen molar-refractivity contribution in [2.24, 2.45) is 0 Å². The van der Waals surface area contributed by atoms with E-state index in [9.17, 15) is 5.11 Å². The van der Waals surface area contributed by atoms with Crippen LogP contribution in [0, 0.1) is 0 Å². The van der Waals surface area contributed by atoms with Gasteiger partial charge in [-0.3, -0.25) is 0 Å². The third kappa shape index (κ3) is 4.46. The third-order valence-electron chi connectivity index (χ3n) is 4.66. The minimum atomic E-state index is -1.56. The maximum absolute atomic E-state index is 9.88. The predicted molar refractivity (Wildman–Crippen MR) is 90.3 cm³/mol. The zero-order valence-corrected chi connectivity index (χ0v) is 15.5. The van der Waals surface area contributed by atoms with E-state index in [-0.39, 0.29) is 6.10 Å². The fourth-order valence-electron chi connectivity index (χ4n) is 4.21. The number of unbranched alkanes of at least 4 members (excludes halogenated alkanes) is 1. The van der Waals surface area contributed by atoms with E-state index in [1.54, 1.807) is 5.20 Å². The summed E-state index contributed by atoms with van der Waals surface area (Å²) in [4.78, 5) is 0. The summed E-state index contributed by atoms with van der Waals surface area (Å²) in [6.45, 7) is 18.5. The Bertz CT molecular complexity index is 255. The van der Waals surface area contributed by atoms with E-state index in [1.165, 1.54) is 19.3 Å². The summed E-state index contributed by atoms with van der Waals surface area (Å²) in [5.74, 6) is 0. The second-order valence-corrected chi connectivity index (χ2v) is 12.9. The van der Waals surface area contributed by atoms with Gasteiger partial charge in [0.15, 0.2) is 0 Å². The van der Waals surface area contributed by atoms with Crippen molar-refractivity contribution in [1.29, 1.82) is 0 Å². The molecule has 0 saturated heterocycles. The molecule has 0 saturated carbocycles. The van der Waals surface area contributed by atoms with Gasteiger partial charge in [0, 0.05) is 0 Å². The molecule has 0 radical (unpaired) electrons. The predicted octanol–water partition coefficient (Wildman–Crippen LogP) is 5.70. The van der Waals surface area contributed by atoms with Gasteiger partial charge in [-0.05, 0) is 30.0 Å². The molecule has 1 N–H and O–H groups in total. The monoisotopic (exact) mass is 284 g/mol. The summed E-state index contributed by atoms with van der Waals surface area (Å²) in [5, 5.41) is 11.5. The van der Waals surface area contributed by atoms with E-state index in [2.05, 4.69) is 54.5 Å². The molecule has 0 aromatic rings. The molecule has 0 heterocycles. The minimum Gasteiger partial charge on any atom is -0.389 e.